The first-order valence-electron chi connectivity index (χ1n) is 10.5. The summed E-state index contributed by atoms with van der Waals surface area (Å²) in [5.41, 5.74) is 3.96. The molecule has 1 aliphatic heterocycles. The van der Waals surface area contributed by atoms with Crippen LogP contribution in [0, 0.1) is 12.7 Å². The number of carbonyl (C=O) groups is 1. The average Bonchev–Trinajstić information content (AvgIpc) is 2.79. The molecule has 0 aromatic heterocycles. The second kappa shape index (κ2) is 9.22. The first-order chi connectivity index (χ1) is 15.4. The number of benzene rings is 3. The van der Waals surface area contributed by atoms with Gasteiger partial charge in [0.15, 0.2) is 0 Å². The predicted molar refractivity (Wildman–Crippen MR) is 121 cm³/mol. The van der Waals surface area contributed by atoms with E-state index < -0.39 is 21.9 Å². The van der Waals surface area contributed by atoms with Crippen molar-refractivity contribution in [2.75, 3.05) is 6.54 Å². The Kier molecular flexibility index (Phi) is 6.39. The average molecular weight is 453 g/mol. The normalized spacial score (nSPS) is 16.4. The number of aryl methyl sites for hydroxylation is 1. The molecular formula is C25H25FN2O3S. The minimum atomic E-state index is -3.90. The molecule has 1 amide bonds. The van der Waals surface area contributed by atoms with Crippen LogP contribution in [0.1, 0.15) is 34.7 Å². The van der Waals surface area contributed by atoms with E-state index >= 15 is 0 Å². The standard InChI is InChI=1S/C25H25FN2O3S/c1-18-6-2-3-8-20(18)17-27-25(29)16-24-23-9-5-4-7-19(23)14-15-28(24)32(30,31)22-12-10-21(26)11-13-22/h2-13,24H,14-17H2,1H3,(H,27,29)/t24-/m0/s1. The lowest BCUT2D eigenvalue weighted by Gasteiger charge is -2.36. The minimum Gasteiger partial charge on any atom is -0.352 e. The lowest BCUT2D eigenvalue weighted by molar-refractivity contribution is -0.122. The number of hydrogen-bond donors (Lipinski definition) is 1. The van der Waals surface area contributed by atoms with Crippen molar-refractivity contribution in [3.05, 3.63) is 101 Å². The van der Waals surface area contributed by atoms with Crippen LogP contribution in [0.5, 0.6) is 0 Å². The molecule has 0 saturated heterocycles. The van der Waals surface area contributed by atoms with E-state index in [1.165, 1.54) is 16.4 Å². The van der Waals surface area contributed by atoms with Gasteiger partial charge in [-0.05, 0) is 59.9 Å². The van der Waals surface area contributed by atoms with E-state index in [-0.39, 0.29) is 23.8 Å². The zero-order chi connectivity index (χ0) is 22.7. The van der Waals surface area contributed by atoms with Crippen LogP contribution in [0.15, 0.2) is 77.7 Å². The fourth-order valence-electron chi connectivity index (χ4n) is 4.12. The predicted octanol–water partition coefficient (Wildman–Crippen LogP) is 4.13. The molecule has 1 N–H and O–H groups in total. The van der Waals surface area contributed by atoms with Gasteiger partial charge < -0.3 is 5.32 Å². The third kappa shape index (κ3) is 4.59. The van der Waals surface area contributed by atoms with E-state index in [4.69, 9.17) is 0 Å². The number of hydrogen-bond acceptors (Lipinski definition) is 3. The number of sulfonamides is 1. The summed E-state index contributed by atoms with van der Waals surface area (Å²) in [5.74, 6) is -0.727. The molecule has 0 saturated carbocycles. The molecule has 1 aliphatic rings. The van der Waals surface area contributed by atoms with Crippen LogP contribution in [-0.2, 0) is 27.8 Å². The molecule has 3 aromatic carbocycles. The second-order valence-corrected chi connectivity index (χ2v) is 9.83. The molecule has 0 fully saturated rings. The first kappa shape index (κ1) is 22.2. The number of amides is 1. The number of carbonyl (C=O) groups excluding carboxylic acids is 1. The highest BCUT2D eigenvalue weighted by molar-refractivity contribution is 7.89. The number of nitrogens with zero attached hydrogens (tertiary/aromatic N) is 1. The van der Waals surface area contributed by atoms with Crippen LogP contribution in [0.3, 0.4) is 0 Å². The van der Waals surface area contributed by atoms with Crippen molar-refractivity contribution in [3.63, 3.8) is 0 Å². The Bertz CT molecular complexity index is 1230. The maximum atomic E-state index is 13.4. The quantitative estimate of drug-likeness (QED) is 0.612. The SMILES string of the molecule is Cc1ccccc1CNC(=O)C[C@H]1c2ccccc2CCN1S(=O)(=O)c1ccc(F)cc1. The zero-order valence-corrected chi connectivity index (χ0v) is 18.6. The number of rotatable bonds is 6. The number of nitrogens with one attached hydrogen (secondary N) is 1. The molecule has 0 radical (unpaired) electrons. The zero-order valence-electron chi connectivity index (χ0n) is 17.8. The Hall–Kier alpha value is -3.03. The smallest absolute Gasteiger partial charge is 0.243 e. The molecule has 0 spiro atoms. The Labute approximate surface area is 187 Å². The van der Waals surface area contributed by atoms with Gasteiger partial charge in [0, 0.05) is 19.5 Å². The van der Waals surface area contributed by atoms with Gasteiger partial charge in [0.05, 0.1) is 10.9 Å². The molecule has 166 valence electrons. The van der Waals surface area contributed by atoms with Crippen molar-refractivity contribution in [1.29, 1.82) is 0 Å². The van der Waals surface area contributed by atoms with Crippen molar-refractivity contribution in [2.24, 2.45) is 0 Å². The van der Waals surface area contributed by atoms with E-state index in [1.807, 2.05) is 55.5 Å². The topological polar surface area (TPSA) is 66.5 Å². The monoisotopic (exact) mass is 452 g/mol. The highest BCUT2D eigenvalue weighted by Gasteiger charge is 2.37. The fourth-order valence-corrected chi connectivity index (χ4v) is 5.73. The molecule has 0 unspecified atom stereocenters. The number of fused-ring (bicyclic) bond motifs is 1. The Morgan fingerprint density at radius 2 is 1.72 bits per heavy atom. The molecule has 1 atom stereocenters. The van der Waals surface area contributed by atoms with Crippen LogP contribution in [0.2, 0.25) is 0 Å². The minimum absolute atomic E-state index is 0.00329. The van der Waals surface area contributed by atoms with Crippen molar-refractivity contribution in [3.8, 4) is 0 Å². The maximum absolute atomic E-state index is 13.4. The van der Waals surface area contributed by atoms with Crippen molar-refractivity contribution < 1.29 is 17.6 Å². The highest BCUT2D eigenvalue weighted by Crippen LogP contribution is 2.36. The summed E-state index contributed by atoms with van der Waals surface area (Å²) in [6, 6.07) is 19.6. The van der Waals surface area contributed by atoms with Crippen LogP contribution >= 0.6 is 0 Å². The third-order valence-corrected chi connectivity index (χ3v) is 7.82. The Morgan fingerprint density at radius 3 is 2.47 bits per heavy atom. The lowest BCUT2D eigenvalue weighted by atomic mass is 9.92. The summed E-state index contributed by atoms with van der Waals surface area (Å²) in [6.07, 6.45) is 0.557. The van der Waals surface area contributed by atoms with Gasteiger partial charge in [-0.1, -0.05) is 48.5 Å². The molecule has 32 heavy (non-hydrogen) atoms. The van der Waals surface area contributed by atoms with Crippen molar-refractivity contribution in [2.45, 2.75) is 37.2 Å². The van der Waals surface area contributed by atoms with Gasteiger partial charge in [-0.3, -0.25) is 4.79 Å². The van der Waals surface area contributed by atoms with E-state index in [2.05, 4.69) is 5.32 Å². The molecule has 7 heteroatoms. The lowest BCUT2D eigenvalue weighted by Crippen LogP contribution is -2.42. The van der Waals surface area contributed by atoms with E-state index in [1.54, 1.807) is 0 Å². The summed E-state index contributed by atoms with van der Waals surface area (Å²) in [7, 11) is -3.90. The summed E-state index contributed by atoms with van der Waals surface area (Å²) >= 11 is 0. The van der Waals surface area contributed by atoms with Gasteiger partial charge in [0.2, 0.25) is 15.9 Å². The van der Waals surface area contributed by atoms with E-state index in [9.17, 15) is 17.6 Å². The van der Waals surface area contributed by atoms with Crippen LogP contribution < -0.4 is 5.32 Å². The summed E-state index contributed by atoms with van der Waals surface area (Å²) < 4.78 is 41.5. The van der Waals surface area contributed by atoms with Gasteiger partial charge in [0.25, 0.3) is 0 Å². The molecule has 0 bridgehead atoms. The summed E-state index contributed by atoms with van der Waals surface area (Å²) in [4.78, 5) is 12.9. The Morgan fingerprint density at radius 1 is 1.03 bits per heavy atom. The van der Waals surface area contributed by atoms with Crippen LogP contribution in [0.25, 0.3) is 0 Å². The molecule has 1 heterocycles. The van der Waals surface area contributed by atoms with E-state index in [0.29, 0.717) is 13.0 Å². The summed E-state index contributed by atoms with van der Waals surface area (Å²) in [5, 5.41) is 2.93. The van der Waals surface area contributed by atoms with E-state index in [0.717, 1.165) is 34.4 Å². The molecule has 0 aliphatic carbocycles. The van der Waals surface area contributed by atoms with Gasteiger partial charge >= 0.3 is 0 Å². The summed E-state index contributed by atoms with van der Waals surface area (Å²) in [6.45, 7) is 2.62. The number of halogens is 1. The van der Waals surface area contributed by atoms with Crippen LogP contribution in [-0.4, -0.2) is 25.2 Å². The fraction of sp³-hybridized carbons (Fsp3) is 0.240. The Balaban J connectivity index is 1.60. The van der Waals surface area contributed by atoms with Gasteiger partial charge in [0.1, 0.15) is 5.82 Å². The van der Waals surface area contributed by atoms with Crippen LogP contribution in [0.4, 0.5) is 4.39 Å². The largest absolute Gasteiger partial charge is 0.352 e. The maximum Gasteiger partial charge on any atom is 0.243 e. The second-order valence-electron chi connectivity index (χ2n) is 7.94. The molecule has 3 aromatic rings. The van der Waals surface area contributed by atoms with Gasteiger partial charge in [-0.2, -0.15) is 4.31 Å². The van der Waals surface area contributed by atoms with Gasteiger partial charge in [-0.25, -0.2) is 12.8 Å². The van der Waals surface area contributed by atoms with Gasteiger partial charge in [-0.15, -0.1) is 0 Å². The first-order valence-corrected chi connectivity index (χ1v) is 12.0. The molecule has 5 nitrogen and oxygen atoms in total. The third-order valence-electron chi connectivity index (χ3n) is 5.90. The highest BCUT2D eigenvalue weighted by atomic mass is 32.2. The molecular weight excluding hydrogens is 427 g/mol. The van der Waals surface area contributed by atoms with Crippen molar-refractivity contribution >= 4 is 15.9 Å². The van der Waals surface area contributed by atoms with Crippen molar-refractivity contribution in [1.82, 2.24) is 9.62 Å². The molecule has 4 rings (SSSR count).